The molecule has 0 saturated heterocycles. The highest BCUT2D eigenvalue weighted by molar-refractivity contribution is 5.64. The van der Waals surface area contributed by atoms with E-state index >= 15 is 0 Å². The van der Waals surface area contributed by atoms with Gasteiger partial charge in [0.25, 0.3) is 5.89 Å². The normalized spacial score (nSPS) is 10.8. The minimum absolute atomic E-state index is 0.225. The first-order chi connectivity index (χ1) is 7.61. The molecule has 0 radical (unpaired) electrons. The van der Waals surface area contributed by atoms with Crippen molar-refractivity contribution in [3.05, 3.63) is 34.7 Å². The van der Waals surface area contributed by atoms with Gasteiger partial charge in [-0.3, -0.25) is 0 Å². The molecule has 16 heavy (non-hydrogen) atoms. The first-order valence-corrected chi connectivity index (χ1v) is 5.13. The van der Waals surface area contributed by atoms with Gasteiger partial charge in [-0.05, 0) is 31.9 Å². The van der Waals surface area contributed by atoms with E-state index in [9.17, 15) is 0 Å². The maximum absolute atomic E-state index is 8.88. The molecule has 2 rings (SSSR count). The lowest BCUT2D eigenvalue weighted by Gasteiger charge is -2.06. The third-order valence-electron chi connectivity index (χ3n) is 2.50. The number of aromatic nitrogens is 2. The second kappa shape index (κ2) is 4.06. The molecule has 0 aliphatic carbocycles. The van der Waals surface area contributed by atoms with Crippen LogP contribution in [0.3, 0.4) is 0 Å². The van der Waals surface area contributed by atoms with Gasteiger partial charge >= 0.3 is 0 Å². The number of hydrogen-bond donors (Lipinski definition) is 1. The number of benzene rings is 1. The molecule has 4 heteroatoms. The third-order valence-corrected chi connectivity index (χ3v) is 2.50. The fraction of sp³-hybridized carbons (Fsp3) is 0.333. The lowest BCUT2D eigenvalue weighted by molar-refractivity contribution is 0.222. The molecule has 0 fully saturated rings. The minimum atomic E-state index is -0.225. The van der Waals surface area contributed by atoms with Crippen molar-refractivity contribution >= 4 is 0 Å². The molecule has 0 bridgehead atoms. The van der Waals surface area contributed by atoms with Crippen LogP contribution >= 0.6 is 0 Å². The van der Waals surface area contributed by atoms with Crippen molar-refractivity contribution in [1.29, 1.82) is 0 Å². The highest BCUT2D eigenvalue weighted by atomic mass is 16.5. The number of hydrogen-bond acceptors (Lipinski definition) is 4. The Kier molecular flexibility index (Phi) is 2.75. The van der Waals surface area contributed by atoms with Gasteiger partial charge in [0.1, 0.15) is 6.61 Å². The molecule has 0 aliphatic rings. The van der Waals surface area contributed by atoms with Gasteiger partial charge in [-0.15, -0.1) is 0 Å². The lowest BCUT2D eigenvalue weighted by Crippen LogP contribution is -1.92. The quantitative estimate of drug-likeness (QED) is 0.839. The smallest absolute Gasteiger partial charge is 0.252 e. The van der Waals surface area contributed by atoms with Gasteiger partial charge in [-0.2, -0.15) is 4.98 Å². The van der Waals surface area contributed by atoms with Crippen LogP contribution < -0.4 is 0 Å². The summed E-state index contributed by atoms with van der Waals surface area (Å²) in [5, 5.41) is 12.7. The zero-order valence-corrected chi connectivity index (χ0v) is 9.61. The van der Waals surface area contributed by atoms with Gasteiger partial charge in [0.2, 0.25) is 5.82 Å². The fourth-order valence-electron chi connectivity index (χ4n) is 1.95. The van der Waals surface area contributed by atoms with Crippen LogP contribution in [-0.4, -0.2) is 15.2 Å². The van der Waals surface area contributed by atoms with Gasteiger partial charge in [0.15, 0.2) is 0 Å². The van der Waals surface area contributed by atoms with E-state index in [1.54, 1.807) is 0 Å². The molecule has 1 heterocycles. The number of rotatable bonds is 2. The molecule has 84 valence electrons. The summed E-state index contributed by atoms with van der Waals surface area (Å²) in [4.78, 5) is 4.12. The molecule has 1 N–H and O–H groups in total. The third kappa shape index (κ3) is 1.84. The maximum Gasteiger partial charge on any atom is 0.252 e. The van der Waals surface area contributed by atoms with Crippen molar-refractivity contribution in [3.63, 3.8) is 0 Å². The number of aliphatic hydroxyl groups excluding tert-OH is 1. The summed E-state index contributed by atoms with van der Waals surface area (Å²) in [6.07, 6.45) is 0. The van der Waals surface area contributed by atoms with Crippen LogP contribution in [0.25, 0.3) is 11.4 Å². The van der Waals surface area contributed by atoms with Gasteiger partial charge in [0, 0.05) is 5.56 Å². The van der Waals surface area contributed by atoms with Crippen molar-refractivity contribution < 1.29 is 9.63 Å². The first kappa shape index (κ1) is 10.8. The Bertz CT molecular complexity index is 494. The summed E-state index contributed by atoms with van der Waals surface area (Å²) in [6.45, 7) is 5.87. The summed E-state index contributed by atoms with van der Waals surface area (Å²) < 4.78 is 4.90. The molecule has 2 aromatic rings. The van der Waals surface area contributed by atoms with E-state index in [2.05, 4.69) is 29.2 Å². The number of nitrogens with zero attached hydrogens (tertiary/aromatic N) is 2. The fourth-order valence-corrected chi connectivity index (χ4v) is 1.95. The van der Waals surface area contributed by atoms with E-state index in [1.807, 2.05) is 13.8 Å². The molecule has 0 saturated carbocycles. The highest BCUT2D eigenvalue weighted by Crippen LogP contribution is 2.25. The number of aliphatic hydroxyl groups is 1. The topological polar surface area (TPSA) is 59.2 Å². The van der Waals surface area contributed by atoms with Crippen LogP contribution in [0.1, 0.15) is 22.6 Å². The van der Waals surface area contributed by atoms with Crippen molar-refractivity contribution in [2.45, 2.75) is 27.4 Å². The zero-order valence-electron chi connectivity index (χ0n) is 9.61. The summed E-state index contributed by atoms with van der Waals surface area (Å²) in [5.74, 6) is 0.786. The molecule has 1 aromatic carbocycles. The van der Waals surface area contributed by atoms with E-state index in [0.29, 0.717) is 5.82 Å². The molecule has 0 unspecified atom stereocenters. The Morgan fingerprint density at radius 2 is 1.81 bits per heavy atom. The number of aryl methyl sites for hydroxylation is 3. The predicted molar refractivity (Wildman–Crippen MR) is 59.9 cm³/mol. The predicted octanol–water partition coefficient (Wildman–Crippen LogP) is 2.15. The van der Waals surface area contributed by atoms with Gasteiger partial charge in [0.05, 0.1) is 0 Å². The molecule has 0 amide bonds. The summed E-state index contributed by atoms with van der Waals surface area (Å²) in [7, 11) is 0. The molecule has 1 aromatic heterocycles. The Hall–Kier alpha value is -1.68. The monoisotopic (exact) mass is 218 g/mol. The van der Waals surface area contributed by atoms with E-state index in [4.69, 9.17) is 9.63 Å². The first-order valence-electron chi connectivity index (χ1n) is 5.13. The summed E-state index contributed by atoms with van der Waals surface area (Å²) in [5.41, 5.74) is 4.42. The van der Waals surface area contributed by atoms with Gasteiger partial charge in [-0.1, -0.05) is 22.9 Å². The molecular formula is C12H14N2O2. The Labute approximate surface area is 93.9 Å². The summed E-state index contributed by atoms with van der Waals surface area (Å²) in [6, 6.07) is 4.16. The van der Waals surface area contributed by atoms with Crippen LogP contribution in [0.5, 0.6) is 0 Å². The average Bonchev–Trinajstić information content (AvgIpc) is 2.64. The second-order valence-corrected chi connectivity index (χ2v) is 3.94. The van der Waals surface area contributed by atoms with E-state index in [1.165, 1.54) is 5.56 Å². The van der Waals surface area contributed by atoms with Crippen LogP contribution in [0.4, 0.5) is 0 Å². The molecule has 0 aliphatic heterocycles. The maximum atomic E-state index is 8.88. The van der Waals surface area contributed by atoms with Crippen molar-refractivity contribution in [3.8, 4) is 11.4 Å². The zero-order chi connectivity index (χ0) is 11.7. The molecule has 0 spiro atoms. The van der Waals surface area contributed by atoms with Crippen LogP contribution in [0, 0.1) is 20.8 Å². The van der Waals surface area contributed by atoms with Crippen LogP contribution in [0.2, 0.25) is 0 Å². The van der Waals surface area contributed by atoms with E-state index in [0.717, 1.165) is 16.7 Å². The molecule has 4 nitrogen and oxygen atoms in total. The minimum Gasteiger partial charge on any atom is -0.387 e. The van der Waals surface area contributed by atoms with Crippen molar-refractivity contribution in [2.75, 3.05) is 0 Å². The Balaban J connectivity index is 2.55. The highest BCUT2D eigenvalue weighted by Gasteiger charge is 2.13. The largest absolute Gasteiger partial charge is 0.387 e. The van der Waals surface area contributed by atoms with Gasteiger partial charge in [-0.25, -0.2) is 0 Å². The summed E-state index contributed by atoms with van der Waals surface area (Å²) >= 11 is 0. The van der Waals surface area contributed by atoms with Crippen LogP contribution in [-0.2, 0) is 6.61 Å². The second-order valence-electron chi connectivity index (χ2n) is 3.94. The lowest BCUT2D eigenvalue weighted by atomic mass is 9.99. The molecular weight excluding hydrogens is 204 g/mol. The van der Waals surface area contributed by atoms with Crippen LogP contribution in [0.15, 0.2) is 16.7 Å². The Morgan fingerprint density at radius 1 is 1.19 bits per heavy atom. The van der Waals surface area contributed by atoms with Crippen molar-refractivity contribution in [2.24, 2.45) is 0 Å². The van der Waals surface area contributed by atoms with E-state index in [-0.39, 0.29) is 12.5 Å². The SMILES string of the molecule is Cc1cc(C)c(-c2noc(CO)n2)c(C)c1. The Morgan fingerprint density at radius 3 is 2.31 bits per heavy atom. The average molecular weight is 218 g/mol. The standard InChI is InChI=1S/C12H14N2O2/c1-7-4-8(2)11(9(3)5-7)12-13-10(6-15)16-14-12/h4-5,15H,6H2,1-3H3. The molecule has 0 atom stereocenters. The van der Waals surface area contributed by atoms with Crippen molar-refractivity contribution in [1.82, 2.24) is 10.1 Å². The van der Waals surface area contributed by atoms with Gasteiger partial charge < -0.3 is 9.63 Å². The van der Waals surface area contributed by atoms with E-state index < -0.39 is 0 Å².